The van der Waals surface area contributed by atoms with Gasteiger partial charge in [0.15, 0.2) is 11.7 Å². The van der Waals surface area contributed by atoms with Gasteiger partial charge in [-0.15, -0.1) is 0 Å². The largest absolute Gasteiger partial charge is 0.481 e. The van der Waals surface area contributed by atoms with Gasteiger partial charge in [-0.1, -0.05) is 60.2 Å². The van der Waals surface area contributed by atoms with E-state index in [0.717, 1.165) is 16.7 Å². The molecule has 0 spiro atoms. The van der Waals surface area contributed by atoms with Gasteiger partial charge in [-0.05, 0) is 18.9 Å². The van der Waals surface area contributed by atoms with Crippen LogP contribution in [0, 0.1) is 12.8 Å². The highest BCUT2D eigenvalue weighted by Crippen LogP contribution is 2.21. The number of carboxylic acid groups (broad SMARTS) is 1. The molecule has 1 atom stereocenters. The van der Waals surface area contributed by atoms with E-state index in [1.807, 2.05) is 61.5 Å². The van der Waals surface area contributed by atoms with Gasteiger partial charge in [0.25, 0.3) is 0 Å². The number of nitrogens with one attached hydrogen (secondary N) is 1. The van der Waals surface area contributed by atoms with Gasteiger partial charge in [-0.2, -0.15) is 0 Å². The van der Waals surface area contributed by atoms with Crippen molar-refractivity contribution in [2.24, 2.45) is 5.92 Å². The molecule has 0 radical (unpaired) electrons. The summed E-state index contributed by atoms with van der Waals surface area (Å²) in [5, 5.41) is 12.1. The molecule has 0 aliphatic carbocycles. The molecule has 2 N–H and O–H groups in total. The lowest BCUT2D eigenvalue weighted by Gasteiger charge is -2.13. The zero-order valence-corrected chi connectivity index (χ0v) is 16.3. The maximum absolute atomic E-state index is 12.1. The molecule has 2 aromatic carbocycles. The number of carbonyl (C=O) groups excluding carboxylic acids is 1. The van der Waals surface area contributed by atoms with Crippen LogP contribution in [0.2, 0.25) is 0 Å². The number of hydrogen-bond acceptors (Lipinski definition) is 4. The van der Waals surface area contributed by atoms with Gasteiger partial charge in [0.05, 0.1) is 12.1 Å². The number of aryl methyl sites for hydroxylation is 2. The molecule has 6 nitrogen and oxygen atoms in total. The highest BCUT2D eigenvalue weighted by Gasteiger charge is 2.19. The maximum atomic E-state index is 12.1. The van der Waals surface area contributed by atoms with Gasteiger partial charge in [-0.25, -0.2) is 4.98 Å². The lowest BCUT2D eigenvalue weighted by Crippen LogP contribution is -2.34. The second kappa shape index (κ2) is 9.68. The molecule has 29 heavy (non-hydrogen) atoms. The Morgan fingerprint density at radius 1 is 1.10 bits per heavy atom. The van der Waals surface area contributed by atoms with E-state index in [4.69, 9.17) is 4.42 Å². The van der Waals surface area contributed by atoms with Crippen molar-refractivity contribution >= 4 is 11.9 Å². The maximum Gasteiger partial charge on any atom is 0.308 e. The van der Waals surface area contributed by atoms with Crippen LogP contribution in [0.3, 0.4) is 0 Å². The summed E-state index contributed by atoms with van der Waals surface area (Å²) in [6, 6.07) is 17.3. The average Bonchev–Trinajstić information content (AvgIpc) is 3.19. The highest BCUT2D eigenvalue weighted by atomic mass is 16.4. The molecule has 0 fully saturated rings. The smallest absolute Gasteiger partial charge is 0.308 e. The molecule has 0 aliphatic rings. The van der Waals surface area contributed by atoms with Crippen molar-refractivity contribution in [2.75, 3.05) is 6.54 Å². The molecule has 0 saturated carbocycles. The van der Waals surface area contributed by atoms with Gasteiger partial charge < -0.3 is 14.8 Å². The molecule has 0 bridgehead atoms. The van der Waals surface area contributed by atoms with Crippen LogP contribution in [0.25, 0.3) is 11.3 Å². The number of aliphatic carboxylic acids is 1. The third-order valence-electron chi connectivity index (χ3n) is 4.68. The van der Waals surface area contributed by atoms with E-state index >= 15 is 0 Å². The predicted molar refractivity (Wildman–Crippen MR) is 109 cm³/mol. The Hall–Kier alpha value is -3.41. The Bertz CT molecular complexity index is 949. The quantitative estimate of drug-likeness (QED) is 0.580. The first-order valence-electron chi connectivity index (χ1n) is 9.56. The first-order valence-corrected chi connectivity index (χ1v) is 9.56. The Labute approximate surface area is 169 Å². The summed E-state index contributed by atoms with van der Waals surface area (Å²) >= 11 is 0. The van der Waals surface area contributed by atoms with Crippen LogP contribution in [0.5, 0.6) is 0 Å². The molecule has 150 valence electrons. The molecule has 3 aromatic rings. The number of hydrogen-bond donors (Lipinski definition) is 2. The number of carboxylic acids is 1. The molecule has 3 rings (SSSR count). The lowest BCUT2D eigenvalue weighted by molar-refractivity contribution is -0.141. The van der Waals surface area contributed by atoms with Gasteiger partial charge in [0.2, 0.25) is 5.91 Å². The molecular weight excluding hydrogens is 368 g/mol. The number of oxazole rings is 1. The summed E-state index contributed by atoms with van der Waals surface area (Å²) in [5.41, 5.74) is 3.03. The van der Waals surface area contributed by atoms with Gasteiger partial charge in [-0.3, -0.25) is 9.59 Å². The van der Waals surface area contributed by atoms with Crippen LogP contribution in [-0.2, 0) is 22.4 Å². The van der Waals surface area contributed by atoms with E-state index in [2.05, 4.69) is 10.3 Å². The summed E-state index contributed by atoms with van der Waals surface area (Å²) in [6.07, 6.45) is 2.56. The van der Waals surface area contributed by atoms with Gasteiger partial charge in [0.1, 0.15) is 0 Å². The van der Waals surface area contributed by atoms with Crippen LogP contribution < -0.4 is 5.32 Å². The Morgan fingerprint density at radius 2 is 1.83 bits per heavy atom. The van der Waals surface area contributed by atoms with Crippen LogP contribution in [-0.4, -0.2) is 28.5 Å². The molecule has 6 heteroatoms. The van der Waals surface area contributed by atoms with Crippen LogP contribution in [0.15, 0.2) is 65.2 Å². The number of benzene rings is 2. The molecular formula is C23H24N2O4. The second-order valence-corrected chi connectivity index (χ2v) is 7.01. The number of aromatic nitrogens is 1. The number of rotatable bonds is 9. The number of carbonyl (C=O) groups is 2. The minimum Gasteiger partial charge on any atom is -0.481 e. The van der Waals surface area contributed by atoms with E-state index in [1.165, 1.54) is 0 Å². The van der Waals surface area contributed by atoms with Crippen LogP contribution in [0.4, 0.5) is 0 Å². The zero-order valence-electron chi connectivity index (χ0n) is 16.3. The van der Waals surface area contributed by atoms with Crippen molar-refractivity contribution in [3.05, 3.63) is 77.8 Å². The summed E-state index contributed by atoms with van der Waals surface area (Å²) in [4.78, 5) is 27.8. The second-order valence-electron chi connectivity index (χ2n) is 7.01. The third-order valence-corrected chi connectivity index (χ3v) is 4.68. The van der Waals surface area contributed by atoms with Crippen LogP contribution in [0.1, 0.15) is 23.4 Å². The number of amides is 1. The minimum absolute atomic E-state index is 0.0866. The van der Waals surface area contributed by atoms with Gasteiger partial charge in [0, 0.05) is 24.9 Å². The molecule has 1 aromatic heterocycles. The van der Waals surface area contributed by atoms with Crippen molar-refractivity contribution in [3.63, 3.8) is 0 Å². The monoisotopic (exact) mass is 392 g/mol. The minimum atomic E-state index is -0.926. The van der Waals surface area contributed by atoms with Crippen molar-refractivity contribution in [3.8, 4) is 11.3 Å². The SMILES string of the molecule is Cc1ccc(-c2cnc(CCC(=O)NCC(Cc3ccccc3)C(=O)O)o2)cc1. The Kier molecular flexibility index (Phi) is 6.79. The molecule has 1 heterocycles. The van der Waals surface area contributed by atoms with Crippen molar-refractivity contribution in [1.82, 2.24) is 10.3 Å². The molecule has 1 unspecified atom stereocenters. The fraction of sp³-hybridized carbons (Fsp3) is 0.261. The summed E-state index contributed by atoms with van der Waals surface area (Å²) < 4.78 is 5.72. The number of nitrogens with zero attached hydrogens (tertiary/aromatic N) is 1. The topological polar surface area (TPSA) is 92.4 Å². The average molecular weight is 392 g/mol. The third kappa shape index (κ3) is 6.04. The van der Waals surface area contributed by atoms with Crippen molar-refractivity contribution in [1.29, 1.82) is 0 Å². The van der Waals surface area contributed by atoms with E-state index in [-0.39, 0.29) is 18.9 Å². The summed E-state index contributed by atoms with van der Waals surface area (Å²) in [5.74, 6) is -0.677. The van der Waals surface area contributed by atoms with Crippen molar-refractivity contribution in [2.45, 2.75) is 26.2 Å². The summed E-state index contributed by atoms with van der Waals surface area (Å²) in [6.45, 7) is 2.10. The Morgan fingerprint density at radius 3 is 2.52 bits per heavy atom. The highest BCUT2D eigenvalue weighted by molar-refractivity contribution is 5.77. The molecule has 0 saturated heterocycles. The van der Waals surface area contributed by atoms with E-state index < -0.39 is 11.9 Å². The fourth-order valence-corrected chi connectivity index (χ4v) is 2.97. The zero-order chi connectivity index (χ0) is 20.6. The van der Waals surface area contributed by atoms with E-state index in [0.29, 0.717) is 24.5 Å². The van der Waals surface area contributed by atoms with Crippen LogP contribution >= 0.6 is 0 Å². The summed E-state index contributed by atoms with van der Waals surface area (Å²) in [7, 11) is 0. The first-order chi connectivity index (χ1) is 14.0. The Balaban J connectivity index is 1.48. The molecule has 1 amide bonds. The standard InChI is InChI=1S/C23H24N2O4/c1-16-7-9-18(10-8-16)20-15-25-22(29-20)12-11-21(26)24-14-19(23(27)28)13-17-5-3-2-4-6-17/h2-10,15,19H,11-14H2,1H3,(H,24,26)(H,27,28). The van der Waals surface area contributed by atoms with Crippen molar-refractivity contribution < 1.29 is 19.1 Å². The molecule has 0 aliphatic heterocycles. The van der Waals surface area contributed by atoms with E-state index in [1.54, 1.807) is 6.20 Å². The fourth-order valence-electron chi connectivity index (χ4n) is 2.97. The van der Waals surface area contributed by atoms with Gasteiger partial charge >= 0.3 is 5.97 Å². The first kappa shape index (κ1) is 20.3. The normalized spacial score (nSPS) is 11.8. The van der Waals surface area contributed by atoms with E-state index in [9.17, 15) is 14.7 Å². The lowest BCUT2D eigenvalue weighted by atomic mass is 9.99. The predicted octanol–water partition coefficient (Wildman–Crippen LogP) is 3.64.